The number of ether oxygens (including phenoxy) is 2. The van der Waals surface area contributed by atoms with Crippen molar-refractivity contribution in [1.29, 1.82) is 0 Å². The maximum atomic E-state index is 13.6. The predicted octanol–water partition coefficient (Wildman–Crippen LogP) is 6.51. The first-order valence-corrected chi connectivity index (χ1v) is 14.1. The summed E-state index contributed by atoms with van der Waals surface area (Å²) in [6, 6.07) is 11.7. The molecule has 0 aliphatic carbocycles. The normalized spacial score (nSPS) is 16.6. The lowest BCUT2D eigenvalue weighted by Crippen LogP contribution is -2.29. The van der Waals surface area contributed by atoms with E-state index in [1.807, 2.05) is 32.9 Å². The van der Waals surface area contributed by atoms with E-state index in [0.717, 1.165) is 34.2 Å². The molecule has 2 aromatic heterocycles. The Morgan fingerprint density at radius 1 is 1.02 bits per heavy atom. The van der Waals surface area contributed by atoms with Crippen LogP contribution in [0.1, 0.15) is 55.0 Å². The Hall–Kier alpha value is -4.24. The van der Waals surface area contributed by atoms with Gasteiger partial charge in [0.25, 0.3) is 5.78 Å². The lowest BCUT2D eigenvalue weighted by Gasteiger charge is -2.24. The molecule has 1 unspecified atom stereocenters. The third kappa shape index (κ3) is 5.04. The van der Waals surface area contributed by atoms with Crippen molar-refractivity contribution in [2.45, 2.75) is 46.6 Å². The first-order chi connectivity index (χ1) is 19.3. The zero-order valence-electron chi connectivity index (χ0n) is 22.9. The molecule has 1 atom stereocenters. The summed E-state index contributed by atoms with van der Waals surface area (Å²) < 4.78 is 12.8. The van der Waals surface area contributed by atoms with Crippen LogP contribution in [0.4, 0.5) is 5.13 Å². The van der Waals surface area contributed by atoms with Gasteiger partial charge >= 0.3 is 5.91 Å². The molecule has 1 aliphatic heterocycles. The van der Waals surface area contributed by atoms with Crippen molar-refractivity contribution < 1.29 is 24.2 Å². The monoisotopic (exact) mass is 557 g/mol. The fourth-order valence-electron chi connectivity index (χ4n) is 4.88. The number of nitrogens with zero attached hydrogens (tertiary/aromatic N) is 3. The fraction of sp³-hybridized carbons (Fsp3) is 0.290. The lowest BCUT2D eigenvalue weighted by molar-refractivity contribution is -0.132. The summed E-state index contributed by atoms with van der Waals surface area (Å²) in [6.45, 7) is 8.89. The van der Waals surface area contributed by atoms with E-state index in [4.69, 9.17) is 14.5 Å². The highest BCUT2D eigenvalue weighted by Gasteiger charge is 2.48. The number of benzene rings is 2. The molecule has 1 amide bonds. The minimum Gasteiger partial charge on any atom is -0.507 e. The summed E-state index contributed by atoms with van der Waals surface area (Å²) in [5.74, 6) is -0.733. The Kier molecular flexibility index (Phi) is 7.84. The molecule has 8 nitrogen and oxygen atoms in total. The van der Waals surface area contributed by atoms with Gasteiger partial charge in [0.2, 0.25) is 0 Å². The highest BCUT2D eigenvalue weighted by Crippen LogP contribution is 2.46. The minimum absolute atomic E-state index is 0.0227. The smallest absolute Gasteiger partial charge is 0.301 e. The van der Waals surface area contributed by atoms with Gasteiger partial charge in [-0.05, 0) is 74.2 Å². The van der Waals surface area contributed by atoms with E-state index in [2.05, 4.69) is 11.9 Å². The zero-order valence-corrected chi connectivity index (χ0v) is 23.7. The third-order valence-corrected chi connectivity index (χ3v) is 7.76. The van der Waals surface area contributed by atoms with E-state index >= 15 is 0 Å². The number of anilines is 1. The van der Waals surface area contributed by atoms with Crippen LogP contribution in [0.15, 0.2) is 60.4 Å². The third-order valence-electron chi connectivity index (χ3n) is 6.76. The molecule has 5 rings (SSSR count). The second-order valence-electron chi connectivity index (χ2n) is 9.67. The highest BCUT2D eigenvalue weighted by molar-refractivity contribution is 7.22. The fourth-order valence-corrected chi connectivity index (χ4v) is 6.05. The van der Waals surface area contributed by atoms with E-state index in [-0.39, 0.29) is 11.3 Å². The largest absolute Gasteiger partial charge is 0.507 e. The van der Waals surface area contributed by atoms with E-state index in [1.54, 1.807) is 30.3 Å². The van der Waals surface area contributed by atoms with E-state index in [0.29, 0.717) is 41.0 Å². The molecule has 206 valence electrons. The van der Waals surface area contributed by atoms with Crippen molar-refractivity contribution in [3.63, 3.8) is 0 Å². The van der Waals surface area contributed by atoms with Crippen LogP contribution in [-0.2, 0) is 9.59 Å². The summed E-state index contributed by atoms with van der Waals surface area (Å²) in [5.41, 5.74) is 3.79. The zero-order chi connectivity index (χ0) is 28.4. The van der Waals surface area contributed by atoms with Crippen LogP contribution in [0.5, 0.6) is 11.5 Å². The van der Waals surface area contributed by atoms with Gasteiger partial charge in [-0.3, -0.25) is 19.5 Å². The number of unbranched alkanes of at least 4 members (excludes halogenated alkanes) is 1. The van der Waals surface area contributed by atoms with Gasteiger partial charge < -0.3 is 14.6 Å². The predicted molar refractivity (Wildman–Crippen MR) is 156 cm³/mol. The minimum atomic E-state index is -0.931. The highest BCUT2D eigenvalue weighted by atomic mass is 32.1. The number of aliphatic hydroxyl groups is 1. The molecule has 1 aliphatic rings. The lowest BCUT2D eigenvalue weighted by atomic mass is 9.95. The van der Waals surface area contributed by atoms with Gasteiger partial charge in [0, 0.05) is 18.0 Å². The van der Waals surface area contributed by atoms with E-state index < -0.39 is 17.7 Å². The summed E-state index contributed by atoms with van der Waals surface area (Å²) in [7, 11) is 0. The first-order valence-electron chi connectivity index (χ1n) is 13.3. The summed E-state index contributed by atoms with van der Waals surface area (Å²) in [5, 5.41) is 11.8. The maximum Gasteiger partial charge on any atom is 0.301 e. The molecule has 4 aromatic rings. The molecular formula is C31H31N3O5S. The molecule has 2 aromatic carbocycles. The molecule has 40 heavy (non-hydrogen) atoms. The van der Waals surface area contributed by atoms with Gasteiger partial charge in [0.15, 0.2) is 16.6 Å². The number of carbonyl (C=O) groups excluding carboxylic acids is 2. The number of rotatable bonds is 9. The number of thiazole rings is 1. The topological polar surface area (TPSA) is 102 Å². The van der Waals surface area contributed by atoms with Crippen molar-refractivity contribution in [2.75, 3.05) is 18.1 Å². The Labute approximate surface area is 236 Å². The van der Waals surface area contributed by atoms with Crippen LogP contribution in [0.2, 0.25) is 0 Å². The molecule has 0 radical (unpaired) electrons. The molecule has 1 N–H and O–H groups in total. The summed E-state index contributed by atoms with van der Waals surface area (Å²) >= 11 is 1.34. The molecule has 9 heteroatoms. The second-order valence-corrected chi connectivity index (χ2v) is 10.7. The Morgan fingerprint density at radius 3 is 2.52 bits per heavy atom. The van der Waals surface area contributed by atoms with Gasteiger partial charge in [0.1, 0.15) is 5.76 Å². The molecular weight excluding hydrogens is 526 g/mol. The van der Waals surface area contributed by atoms with Crippen molar-refractivity contribution in [3.05, 3.63) is 82.7 Å². The Morgan fingerprint density at radius 2 is 1.80 bits per heavy atom. The number of hydrogen-bond donors (Lipinski definition) is 1. The number of pyridine rings is 1. The molecule has 3 heterocycles. The summed E-state index contributed by atoms with van der Waals surface area (Å²) in [4.78, 5) is 37.4. The summed E-state index contributed by atoms with van der Waals surface area (Å²) in [6.07, 6.45) is 4.94. The molecule has 0 bridgehead atoms. The number of aryl methyl sites for hydroxylation is 2. The van der Waals surface area contributed by atoms with Crippen LogP contribution in [0.3, 0.4) is 0 Å². The van der Waals surface area contributed by atoms with Gasteiger partial charge in [0.05, 0.1) is 35.0 Å². The molecule has 1 fully saturated rings. The van der Waals surface area contributed by atoms with Gasteiger partial charge in [-0.2, -0.15) is 0 Å². The number of carbonyl (C=O) groups is 2. The van der Waals surface area contributed by atoms with Gasteiger partial charge in [-0.1, -0.05) is 36.8 Å². The van der Waals surface area contributed by atoms with Crippen LogP contribution in [0, 0.1) is 13.8 Å². The van der Waals surface area contributed by atoms with Crippen LogP contribution >= 0.6 is 11.3 Å². The Bertz CT molecular complexity index is 1610. The molecule has 0 saturated carbocycles. The van der Waals surface area contributed by atoms with Crippen molar-refractivity contribution in [2.24, 2.45) is 0 Å². The van der Waals surface area contributed by atoms with Crippen molar-refractivity contribution in [1.82, 2.24) is 9.97 Å². The first kappa shape index (κ1) is 27.3. The van der Waals surface area contributed by atoms with Crippen molar-refractivity contribution >= 4 is 44.1 Å². The average molecular weight is 558 g/mol. The number of amides is 1. The van der Waals surface area contributed by atoms with Crippen LogP contribution in [-0.4, -0.2) is 40.0 Å². The van der Waals surface area contributed by atoms with Gasteiger partial charge in [-0.25, -0.2) is 4.98 Å². The number of ketones is 1. The van der Waals surface area contributed by atoms with Crippen LogP contribution in [0.25, 0.3) is 16.0 Å². The van der Waals surface area contributed by atoms with E-state index in [9.17, 15) is 14.7 Å². The van der Waals surface area contributed by atoms with Crippen LogP contribution < -0.4 is 14.4 Å². The maximum absolute atomic E-state index is 13.6. The SMILES string of the molecule is CCCCOc1ccc(C2/C(=C(\O)c3ccncc3)C(=O)C(=O)N2c2nc3c(C)cc(C)cc3s2)cc1OCC. The van der Waals surface area contributed by atoms with E-state index in [1.165, 1.54) is 28.6 Å². The standard InChI is InChI=1S/C31H31N3O5S/c1-5-7-14-39-22-9-8-21(17-23(22)38-6-2)27-25(28(35)20-10-12-32-13-11-20)29(36)30(37)34(27)31-33-26-19(4)15-18(3)16-24(26)40-31/h8-13,15-17,27,35H,5-7,14H2,1-4H3/b28-25+. The second kappa shape index (κ2) is 11.5. The number of aromatic nitrogens is 2. The molecule has 1 saturated heterocycles. The number of fused-ring (bicyclic) bond motifs is 1. The number of Topliss-reactive ketones (excluding diaryl/α,β-unsaturated/α-hetero) is 1. The molecule has 0 spiro atoms. The Balaban J connectivity index is 1.70. The number of hydrogen-bond acceptors (Lipinski definition) is 8. The number of aliphatic hydroxyl groups excluding tert-OH is 1. The average Bonchev–Trinajstić information content (AvgIpc) is 3.48. The quantitative estimate of drug-likeness (QED) is 0.108. The van der Waals surface area contributed by atoms with Crippen molar-refractivity contribution in [3.8, 4) is 11.5 Å². The van der Waals surface area contributed by atoms with Gasteiger partial charge in [-0.15, -0.1) is 0 Å².